The standard InChI is InChI=1S/C14H10N2O4S/c1-19-13(17)11-9-7(3-5-15-11)21-8-4-6-16-12(10(8)9)14(18)20-2/h3-6H,1-2H3. The molecular formula is C14H10N2O4S. The second-order valence-corrected chi connectivity index (χ2v) is 5.23. The summed E-state index contributed by atoms with van der Waals surface area (Å²) >= 11 is 1.45. The summed E-state index contributed by atoms with van der Waals surface area (Å²) < 4.78 is 11.2. The third-order valence-corrected chi connectivity index (χ3v) is 4.17. The molecule has 3 aromatic rings. The topological polar surface area (TPSA) is 78.4 Å². The number of rotatable bonds is 2. The average molecular weight is 302 g/mol. The first-order valence-electron chi connectivity index (χ1n) is 6.00. The lowest BCUT2D eigenvalue weighted by atomic mass is 10.1. The Bertz CT molecular complexity index is 802. The van der Waals surface area contributed by atoms with Crippen LogP contribution in [0.1, 0.15) is 21.0 Å². The van der Waals surface area contributed by atoms with Crippen molar-refractivity contribution in [3.63, 3.8) is 0 Å². The number of ether oxygens (including phenoxy) is 2. The van der Waals surface area contributed by atoms with Crippen LogP contribution in [0.4, 0.5) is 0 Å². The van der Waals surface area contributed by atoms with Gasteiger partial charge in [0.15, 0.2) is 11.4 Å². The van der Waals surface area contributed by atoms with E-state index in [-0.39, 0.29) is 11.4 Å². The van der Waals surface area contributed by atoms with Crippen molar-refractivity contribution in [1.29, 1.82) is 0 Å². The van der Waals surface area contributed by atoms with Crippen molar-refractivity contribution in [2.45, 2.75) is 0 Å². The Morgan fingerprint density at radius 3 is 1.71 bits per heavy atom. The zero-order chi connectivity index (χ0) is 15.0. The minimum Gasteiger partial charge on any atom is -0.464 e. The van der Waals surface area contributed by atoms with Crippen LogP contribution in [0.3, 0.4) is 0 Å². The van der Waals surface area contributed by atoms with Crippen LogP contribution in [-0.2, 0) is 9.47 Å². The minimum absolute atomic E-state index is 0.166. The van der Waals surface area contributed by atoms with Crippen LogP contribution in [-0.4, -0.2) is 36.1 Å². The van der Waals surface area contributed by atoms with Gasteiger partial charge in [-0.3, -0.25) is 0 Å². The molecule has 0 aromatic carbocycles. The number of thiophene rings is 1. The van der Waals surface area contributed by atoms with Crippen molar-refractivity contribution >= 4 is 43.4 Å². The summed E-state index contributed by atoms with van der Waals surface area (Å²) in [6.07, 6.45) is 3.07. The van der Waals surface area contributed by atoms with Gasteiger partial charge in [-0.25, -0.2) is 19.6 Å². The largest absolute Gasteiger partial charge is 0.464 e. The predicted molar refractivity (Wildman–Crippen MR) is 77.6 cm³/mol. The van der Waals surface area contributed by atoms with Gasteiger partial charge >= 0.3 is 11.9 Å². The summed E-state index contributed by atoms with van der Waals surface area (Å²) in [6, 6.07) is 3.57. The molecule has 0 atom stereocenters. The maximum Gasteiger partial charge on any atom is 0.357 e. The second kappa shape index (κ2) is 5.10. The highest BCUT2D eigenvalue weighted by molar-refractivity contribution is 7.26. The fraction of sp³-hybridized carbons (Fsp3) is 0.143. The third-order valence-electron chi connectivity index (χ3n) is 3.05. The summed E-state index contributed by atoms with van der Waals surface area (Å²) in [5, 5.41) is 1.13. The lowest BCUT2D eigenvalue weighted by Gasteiger charge is -2.03. The van der Waals surface area contributed by atoms with Crippen LogP contribution < -0.4 is 0 Å². The molecule has 106 valence electrons. The number of methoxy groups -OCH3 is 2. The van der Waals surface area contributed by atoms with Gasteiger partial charge in [0.1, 0.15) is 0 Å². The summed E-state index contributed by atoms with van der Waals surface area (Å²) in [5.41, 5.74) is 0.332. The Morgan fingerprint density at radius 1 is 0.905 bits per heavy atom. The fourth-order valence-corrected chi connectivity index (χ4v) is 3.26. The summed E-state index contributed by atoms with van der Waals surface area (Å²) in [7, 11) is 2.58. The number of carbonyl (C=O) groups excluding carboxylic acids is 2. The molecule has 6 nitrogen and oxygen atoms in total. The Morgan fingerprint density at radius 2 is 1.33 bits per heavy atom. The number of nitrogens with zero attached hydrogens (tertiary/aromatic N) is 2. The molecule has 3 heterocycles. The molecule has 0 amide bonds. The molecule has 3 rings (SSSR count). The van der Waals surface area contributed by atoms with E-state index in [4.69, 9.17) is 9.47 Å². The lowest BCUT2D eigenvalue weighted by Crippen LogP contribution is -2.07. The molecular weight excluding hydrogens is 292 g/mol. The normalized spacial score (nSPS) is 10.8. The SMILES string of the molecule is COC(=O)c1nccc2sc3ccnc(C(=O)OC)c3c12. The van der Waals surface area contributed by atoms with Gasteiger partial charge in [-0.05, 0) is 12.1 Å². The first-order chi connectivity index (χ1) is 10.2. The van der Waals surface area contributed by atoms with Crippen molar-refractivity contribution in [1.82, 2.24) is 9.97 Å². The molecule has 0 aliphatic carbocycles. The summed E-state index contributed by atoms with van der Waals surface area (Å²) in [6.45, 7) is 0. The van der Waals surface area contributed by atoms with E-state index < -0.39 is 11.9 Å². The molecule has 0 N–H and O–H groups in total. The lowest BCUT2D eigenvalue weighted by molar-refractivity contribution is 0.0586. The quantitative estimate of drug-likeness (QED) is 0.676. The van der Waals surface area contributed by atoms with Crippen molar-refractivity contribution < 1.29 is 19.1 Å². The second-order valence-electron chi connectivity index (χ2n) is 4.15. The minimum atomic E-state index is -0.556. The molecule has 21 heavy (non-hydrogen) atoms. The van der Waals surface area contributed by atoms with E-state index in [1.807, 2.05) is 0 Å². The van der Waals surface area contributed by atoms with E-state index in [1.165, 1.54) is 38.0 Å². The van der Waals surface area contributed by atoms with Crippen LogP contribution in [0.5, 0.6) is 0 Å². The van der Waals surface area contributed by atoms with Gasteiger partial charge in [0, 0.05) is 32.6 Å². The maximum absolute atomic E-state index is 11.9. The highest BCUT2D eigenvalue weighted by atomic mass is 32.1. The highest BCUT2D eigenvalue weighted by Crippen LogP contribution is 2.36. The number of hydrogen-bond donors (Lipinski definition) is 0. The van der Waals surface area contributed by atoms with Crippen molar-refractivity contribution in [3.8, 4) is 0 Å². The molecule has 0 aliphatic heterocycles. The number of aromatic nitrogens is 2. The molecule has 0 unspecified atom stereocenters. The number of carbonyl (C=O) groups is 2. The van der Waals surface area contributed by atoms with Gasteiger partial charge in [0.2, 0.25) is 0 Å². The number of fused-ring (bicyclic) bond motifs is 3. The van der Waals surface area contributed by atoms with Gasteiger partial charge in [-0.15, -0.1) is 11.3 Å². The van der Waals surface area contributed by atoms with E-state index in [1.54, 1.807) is 12.1 Å². The van der Waals surface area contributed by atoms with Crippen LogP contribution >= 0.6 is 11.3 Å². The van der Waals surface area contributed by atoms with Crippen LogP contribution in [0.15, 0.2) is 24.5 Å². The zero-order valence-corrected chi connectivity index (χ0v) is 12.1. The van der Waals surface area contributed by atoms with Gasteiger partial charge < -0.3 is 9.47 Å². The Balaban J connectivity index is 2.48. The molecule has 0 fully saturated rings. The van der Waals surface area contributed by atoms with Crippen LogP contribution in [0, 0.1) is 0 Å². The molecule has 0 aliphatic rings. The van der Waals surface area contributed by atoms with E-state index in [2.05, 4.69) is 9.97 Å². The first kappa shape index (κ1) is 13.4. The van der Waals surface area contributed by atoms with Gasteiger partial charge in [0.05, 0.1) is 14.2 Å². The molecule has 0 saturated heterocycles. The maximum atomic E-state index is 11.9. The molecule has 0 radical (unpaired) electrons. The predicted octanol–water partition coefficient (Wildman–Crippen LogP) is 2.42. The first-order valence-corrected chi connectivity index (χ1v) is 6.82. The molecule has 3 aromatic heterocycles. The molecule has 0 saturated carbocycles. The van der Waals surface area contributed by atoms with Crippen molar-refractivity contribution in [2.24, 2.45) is 0 Å². The fourth-order valence-electron chi connectivity index (χ4n) is 2.16. The van der Waals surface area contributed by atoms with Crippen molar-refractivity contribution in [2.75, 3.05) is 14.2 Å². The van der Waals surface area contributed by atoms with Crippen LogP contribution in [0.2, 0.25) is 0 Å². The van der Waals surface area contributed by atoms with Gasteiger partial charge in [-0.2, -0.15) is 0 Å². The Hall–Kier alpha value is -2.54. The number of esters is 2. The van der Waals surface area contributed by atoms with E-state index in [0.29, 0.717) is 10.8 Å². The summed E-state index contributed by atoms with van der Waals surface area (Å²) in [5.74, 6) is -1.11. The van der Waals surface area contributed by atoms with Crippen molar-refractivity contribution in [3.05, 3.63) is 35.9 Å². The average Bonchev–Trinajstić information content (AvgIpc) is 2.91. The monoisotopic (exact) mass is 302 g/mol. The summed E-state index contributed by atoms with van der Waals surface area (Å²) in [4.78, 5) is 32.0. The van der Waals surface area contributed by atoms with Gasteiger partial charge in [-0.1, -0.05) is 0 Å². The van der Waals surface area contributed by atoms with E-state index >= 15 is 0 Å². The number of hydrogen-bond acceptors (Lipinski definition) is 7. The zero-order valence-electron chi connectivity index (χ0n) is 11.2. The molecule has 0 bridgehead atoms. The Labute approximate surface area is 123 Å². The van der Waals surface area contributed by atoms with Gasteiger partial charge in [0.25, 0.3) is 0 Å². The Kier molecular flexibility index (Phi) is 3.26. The number of pyridine rings is 2. The molecule has 7 heteroatoms. The van der Waals surface area contributed by atoms with E-state index in [0.717, 1.165) is 9.40 Å². The van der Waals surface area contributed by atoms with Crippen LogP contribution in [0.25, 0.3) is 20.2 Å². The smallest absolute Gasteiger partial charge is 0.357 e. The molecule has 0 spiro atoms. The third kappa shape index (κ3) is 2.02. The highest BCUT2D eigenvalue weighted by Gasteiger charge is 2.22. The van der Waals surface area contributed by atoms with E-state index in [9.17, 15) is 9.59 Å².